The van der Waals surface area contributed by atoms with Crippen LogP contribution in [0.15, 0.2) is 54.9 Å². The van der Waals surface area contributed by atoms with Gasteiger partial charge >= 0.3 is 0 Å². The highest BCUT2D eigenvalue weighted by Crippen LogP contribution is 2.34. The molecule has 1 unspecified atom stereocenters. The normalized spacial score (nSPS) is 22.6. The third-order valence-electron chi connectivity index (χ3n) is 12.5. The molecule has 14 nitrogen and oxygen atoms in total. The number of nitrogens with zero attached hydrogens (tertiary/aromatic N) is 6. The number of aromatic nitrogens is 3. The average molecular weight is 760 g/mol. The summed E-state index contributed by atoms with van der Waals surface area (Å²) in [6, 6.07) is 13.6. The molecule has 8 heterocycles. The van der Waals surface area contributed by atoms with Crippen molar-refractivity contribution in [3.63, 3.8) is 0 Å². The molecule has 0 radical (unpaired) electrons. The number of nitrogens with one attached hydrogen (secondary N) is 3. The predicted molar refractivity (Wildman–Crippen MR) is 212 cm³/mol. The number of pyridine rings is 2. The number of anilines is 3. The zero-order valence-electron chi connectivity index (χ0n) is 31.8. The Morgan fingerprint density at radius 1 is 0.875 bits per heavy atom. The molecule has 3 N–H and O–H groups in total. The maximum Gasteiger partial charge on any atom is 0.258 e. The van der Waals surface area contributed by atoms with E-state index in [-0.39, 0.29) is 36.2 Å². The maximum absolute atomic E-state index is 13.1. The van der Waals surface area contributed by atoms with E-state index in [4.69, 9.17) is 4.74 Å². The molecule has 14 heteroatoms. The van der Waals surface area contributed by atoms with E-state index >= 15 is 0 Å². The lowest BCUT2D eigenvalue weighted by atomic mass is 9.96. The summed E-state index contributed by atoms with van der Waals surface area (Å²) in [6.45, 7) is 5.79. The minimum Gasteiger partial charge on any atom is -0.378 e. The molecule has 3 aromatic heterocycles. The van der Waals surface area contributed by atoms with Gasteiger partial charge in [0.05, 0.1) is 17.2 Å². The molecule has 292 valence electrons. The number of ether oxygens (including phenoxy) is 1. The largest absolute Gasteiger partial charge is 0.378 e. The Morgan fingerprint density at radius 2 is 1.70 bits per heavy atom. The first-order valence-corrected chi connectivity index (χ1v) is 20.1. The molecule has 4 fully saturated rings. The van der Waals surface area contributed by atoms with Crippen molar-refractivity contribution in [2.24, 2.45) is 5.92 Å². The molecule has 1 aromatic carbocycles. The number of carbonyl (C=O) groups is 4. The van der Waals surface area contributed by atoms with Crippen LogP contribution in [-0.4, -0.2) is 107 Å². The number of likely N-dealkylation sites (tertiary alicyclic amines) is 1. The Morgan fingerprint density at radius 3 is 2.45 bits per heavy atom. The Bertz CT molecular complexity index is 2140. The number of fused-ring (bicyclic) bond motifs is 2. The molecule has 4 amide bonds. The summed E-state index contributed by atoms with van der Waals surface area (Å²) in [5, 5.41) is 6.34. The molecular formula is C42H49N9O5. The number of benzene rings is 1. The van der Waals surface area contributed by atoms with Gasteiger partial charge in [0, 0.05) is 92.6 Å². The Kier molecular flexibility index (Phi) is 9.92. The minimum absolute atomic E-state index is 0.141. The number of hydrogen-bond donors (Lipinski definition) is 3. The van der Waals surface area contributed by atoms with Crippen LogP contribution in [0.2, 0.25) is 0 Å². The van der Waals surface area contributed by atoms with E-state index < -0.39 is 6.04 Å². The van der Waals surface area contributed by atoms with Gasteiger partial charge in [-0.2, -0.15) is 0 Å². The van der Waals surface area contributed by atoms with Crippen LogP contribution < -0.4 is 20.4 Å². The molecule has 5 aliphatic heterocycles. The molecule has 5 aliphatic rings. The van der Waals surface area contributed by atoms with Gasteiger partial charge in [-0.1, -0.05) is 0 Å². The van der Waals surface area contributed by atoms with Crippen molar-refractivity contribution >= 4 is 51.9 Å². The van der Waals surface area contributed by atoms with Gasteiger partial charge in [-0.25, -0.2) is 9.97 Å². The van der Waals surface area contributed by atoms with E-state index in [0.29, 0.717) is 41.9 Å². The van der Waals surface area contributed by atoms with E-state index in [1.807, 2.05) is 36.5 Å². The first-order chi connectivity index (χ1) is 27.3. The molecule has 4 aromatic rings. The lowest BCUT2D eigenvalue weighted by Gasteiger charge is -2.36. The van der Waals surface area contributed by atoms with Gasteiger partial charge < -0.3 is 29.7 Å². The number of H-pyrrole nitrogens is 1. The second-order valence-electron chi connectivity index (χ2n) is 16.1. The first kappa shape index (κ1) is 36.3. The highest BCUT2D eigenvalue weighted by molar-refractivity contribution is 6.06. The maximum atomic E-state index is 13.1. The molecule has 0 aliphatic carbocycles. The van der Waals surface area contributed by atoms with Crippen molar-refractivity contribution in [1.82, 2.24) is 30.1 Å². The van der Waals surface area contributed by atoms with Crippen LogP contribution in [0.1, 0.15) is 89.4 Å². The van der Waals surface area contributed by atoms with Crippen LogP contribution in [0.3, 0.4) is 0 Å². The summed E-state index contributed by atoms with van der Waals surface area (Å²) < 4.78 is 6.44. The molecule has 4 saturated heterocycles. The Hall–Kier alpha value is -5.34. The van der Waals surface area contributed by atoms with Crippen molar-refractivity contribution < 1.29 is 23.9 Å². The van der Waals surface area contributed by atoms with Gasteiger partial charge in [0.2, 0.25) is 11.8 Å². The summed E-state index contributed by atoms with van der Waals surface area (Å²) in [5.74, 6) is 0.827. The van der Waals surface area contributed by atoms with Crippen molar-refractivity contribution in [3.05, 3.63) is 77.2 Å². The zero-order valence-corrected chi connectivity index (χ0v) is 31.8. The van der Waals surface area contributed by atoms with Gasteiger partial charge in [0.25, 0.3) is 11.8 Å². The van der Waals surface area contributed by atoms with Crippen LogP contribution >= 0.6 is 0 Å². The highest BCUT2D eigenvalue weighted by Gasteiger charge is 2.39. The van der Waals surface area contributed by atoms with E-state index in [9.17, 15) is 19.2 Å². The molecular weight excluding hydrogens is 711 g/mol. The lowest BCUT2D eigenvalue weighted by Crippen LogP contribution is -2.52. The quantitative estimate of drug-likeness (QED) is 0.206. The average Bonchev–Trinajstić information content (AvgIpc) is 3.93. The fraction of sp³-hybridized carbons (Fsp3) is 0.476. The number of rotatable bonds is 9. The molecule has 0 saturated carbocycles. The smallest absolute Gasteiger partial charge is 0.258 e. The fourth-order valence-electron chi connectivity index (χ4n) is 9.13. The van der Waals surface area contributed by atoms with Crippen LogP contribution in [0.4, 0.5) is 17.3 Å². The number of piperidine rings is 3. The summed E-state index contributed by atoms with van der Waals surface area (Å²) in [4.78, 5) is 71.5. The molecule has 0 spiro atoms. The summed E-state index contributed by atoms with van der Waals surface area (Å²) in [7, 11) is 2.16. The zero-order chi connectivity index (χ0) is 38.3. The van der Waals surface area contributed by atoms with E-state index in [0.717, 1.165) is 99.4 Å². The number of carbonyl (C=O) groups excluding carboxylic acids is 4. The van der Waals surface area contributed by atoms with Gasteiger partial charge in [0.1, 0.15) is 17.7 Å². The van der Waals surface area contributed by atoms with Gasteiger partial charge in [-0.3, -0.25) is 29.4 Å². The van der Waals surface area contributed by atoms with Crippen molar-refractivity contribution in [2.45, 2.75) is 76.1 Å². The third kappa shape index (κ3) is 7.35. The SMILES string of the molecule is CN1CCC[C@@H]1c1cc2cnc(NC(=O)c3ccc(N4CCC(OCC5CCN(c6ccc7c(c6)CN(C6CCC(=O)NC6=O)C7=O)CC5)CC4)nc3)cc2[nH]1. The second kappa shape index (κ2) is 15.3. The van der Waals surface area contributed by atoms with Crippen LogP contribution in [0, 0.1) is 5.92 Å². The predicted octanol–water partition coefficient (Wildman–Crippen LogP) is 4.64. The Labute approximate surface area is 326 Å². The molecule has 9 rings (SSSR count). The molecule has 0 bridgehead atoms. The highest BCUT2D eigenvalue weighted by atomic mass is 16.5. The topological polar surface area (TPSA) is 156 Å². The fourth-order valence-corrected chi connectivity index (χ4v) is 9.13. The van der Waals surface area contributed by atoms with Crippen LogP contribution in [-0.2, 0) is 20.9 Å². The summed E-state index contributed by atoms with van der Waals surface area (Å²) in [6.07, 6.45) is 10.5. The third-order valence-corrected chi connectivity index (χ3v) is 12.5. The first-order valence-electron chi connectivity index (χ1n) is 20.1. The van der Waals surface area contributed by atoms with E-state index in [2.05, 4.69) is 59.5 Å². The summed E-state index contributed by atoms with van der Waals surface area (Å²) >= 11 is 0. The second-order valence-corrected chi connectivity index (χ2v) is 16.1. The number of amides is 4. The van der Waals surface area contributed by atoms with Crippen LogP contribution in [0.25, 0.3) is 10.9 Å². The number of hydrogen-bond acceptors (Lipinski definition) is 10. The monoisotopic (exact) mass is 759 g/mol. The Balaban J connectivity index is 0.708. The van der Waals surface area contributed by atoms with Gasteiger partial charge in [0.15, 0.2) is 0 Å². The molecule has 56 heavy (non-hydrogen) atoms. The number of aromatic amines is 1. The van der Waals surface area contributed by atoms with Crippen molar-refractivity contribution in [2.75, 3.05) is 61.5 Å². The minimum atomic E-state index is -0.601. The standard InChI is InChI=1S/C42H49N9O5/c1-48-14-2-3-35(48)34-20-28-23-43-37(21-33(28)45-34)46-40(53)27-4-8-38(44-22-27)50-17-12-31(13-18-50)56-25-26-10-15-49(16-11-26)30-5-6-32-29(19-30)24-51(42(32)55)36-7-9-39(52)47-41(36)54/h4-6,8,19-23,26,31,35-36,45H,2-3,7,9-18,24-25H2,1H3,(H,43,46,53)(H,47,52,54)/t35-,36?/m1/s1. The van der Waals surface area contributed by atoms with Crippen molar-refractivity contribution in [3.8, 4) is 0 Å². The number of imide groups is 1. The van der Waals surface area contributed by atoms with Gasteiger partial charge in [-0.05, 0) is 106 Å². The van der Waals surface area contributed by atoms with Crippen LogP contribution in [0.5, 0.6) is 0 Å². The lowest BCUT2D eigenvalue weighted by molar-refractivity contribution is -0.136. The van der Waals surface area contributed by atoms with Gasteiger partial charge in [-0.15, -0.1) is 0 Å². The van der Waals surface area contributed by atoms with E-state index in [1.165, 1.54) is 12.1 Å². The molecule has 2 atom stereocenters. The van der Waals surface area contributed by atoms with Crippen molar-refractivity contribution in [1.29, 1.82) is 0 Å². The van der Waals surface area contributed by atoms with E-state index in [1.54, 1.807) is 11.1 Å². The summed E-state index contributed by atoms with van der Waals surface area (Å²) in [5.41, 5.74) is 5.32.